The zero-order valence-electron chi connectivity index (χ0n) is 9.18. The molecule has 1 aliphatic rings. The van der Waals surface area contributed by atoms with Gasteiger partial charge in [0.05, 0.1) is 12.4 Å². The molecule has 2 heteroatoms. The lowest BCUT2D eigenvalue weighted by molar-refractivity contribution is 0.142. The molecule has 0 aromatic rings. The van der Waals surface area contributed by atoms with Crippen LogP contribution in [0.4, 0.5) is 0 Å². The van der Waals surface area contributed by atoms with Crippen molar-refractivity contribution in [3.05, 3.63) is 24.5 Å². The molecule has 0 bridgehead atoms. The maximum atomic E-state index is 9.56. The topological polar surface area (TPSA) is 29.5 Å². The minimum Gasteiger partial charge on any atom is -0.494 e. The van der Waals surface area contributed by atoms with Crippen LogP contribution in [0.15, 0.2) is 24.5 Å². The molecule has 0 aromatic heterocycles. The van der Waals surface area contributed by atoms with E-state index in [1.54, 1.807) is 6.26 Å². The van der Waals surface area contributed by atoms with Crippen molar-refractivity contribution in [2.24, 2.45) is 11.8 Å². The van der Waals surface area contributed by atoms with Gasteiger partial charge < -0.3 is 9.84 Å². The molecule has 0 spiro atoms. The van der Waals surface area contributed by atoms with E-state index in [4.69, 9.17) is 4.74 Å². The van der Waals surface area contributed by atoms with Gasteiger partial charge in [0.2, 0.25) is 0 Å². The quantitative estimate of drug-likeness (QED) is 0.703. The molecule has 0 aliphatic carbocycles. The third-order valence-corrected chi connectivity index (χ3v) is 2.47. The number of ether oxygens (including phenoxy) is 1. The molecule has 1 aliphatic heterocycles. The Morgan fingerprint density at radius 2 is 2.21 bits per heavy atom. The molecule has 1 heterocycles. The van der Waals surface area contributed by atoms with Crippen LogP contribution < -0.4 is 0 Å². The lowest BCUT2D eigenvalue weighted by atomic mass is 10.00. The lowest BCUT2D eigenvalue weighted by Gasteiger charge is -2.21. The summed E-state index contributed by atoms with van der Waals surface area (Å²) in [6.45, 7) is 6.16. The molecule has 2 nitrogen and oxygen atoms in total. The fourth-order valence-corrected chi connectivity index (χ4v) is 1.36. The maximum Gasteiger partial charge on any atom is 0.117 e. The van der Waals surface area contributed by atoms with E-state index in [2.05, 4.69) is 13.0 Å². The van der Waals surface area contributed by atoms with Gasteiger partial charge in [-0.15, -0.1) is 0 Å². The van der Waals surface area contributed by atoms with Crippen molar-refractivity contribution in [3.8, 4) is 0 Å². The maximum absolute atomic E-state index is 9.56. The predicted octanol–water partition coefficient (Wildman–Crippen LogP) is 2.50. The van der Waals surface area contributed by atoms with Crippen molar-refractivity contribution < 1.29 is 9.84 Å². The summed E-state index contributed by atoms with van der Waals surface area (Å²) in [5.74, 6) is 0.831. The summed E-state index contributed by atoms with van der Waals surface area (Å²) < 4.78 is 5.40. The molecule has 1 rings (SSSR count). The van der Waals surface area contributed by atoms with E-state index < -0.39 is 0 Å². The summed E-state index contributed by atoms with van der Waals surface area (Å²) in [6, 6.07) is 0. The molecule has 1 unspecified atom stereocenters. The van der Waals surface area contributed by atoms with E-state index in [1.807, 2.05) is 26.0 Å². The van der Waals surface area contributed by atoms with Crippen molar-refractivity contribution in [1.29, 1.82) is 0 Å². The summed E-state index contributed by atoms with van der Waals surface area (Å²) in [6.07, 6.45) is 8.38. The number of aliphatic hydroxyl groups excluding tert-OH is 1. The van der Waals surface area contributed by atoms with E-state index in [0.717, 1.165) is 6.42 Å². The molecule has 80 valence electrons. The van der Waals surface area contributed by atoms with Gasteiger partial charge in [-0.25, -0.2) is 0 Å². The molecular weight excluding hydrogens is 176 g/mol. The van der Waals surface area contributed by atoms with Crippen LogP contribution in [0, 0.1) is 11.8 Å². The van der Waals surface area contributed by atoms with Crippen LogP contribution in [0.5, 0.6) is 0 Å². The van der Waals surface area contributed by atoms with Crippen LogP contribution in [-0.2, 0) is 4.74 Å². The van der Waals surface area contributed by atoms with E-state index in [1.165, 1.54) is 0 Å². The van der Waals surface area contributed by atoms with Gasteiger partial charge in [0.25, 0.3) is 0 Å². The first-order valence-corrected chi connectivity index (χ1v) is 5.28. The highest BCUT2D eigenvalue weighted by atomic mass is 16.5. The summed E-state index contributed by atoms with van der Waals surface area (Å²) >= 11 is 0. The third kappa shape index (κ3) is 3.54. The Morgan fingerprint density at radius 3 is 2.79 bits per heavy atom. The first kappa shape index (κ1) is 11.3. The van der Waals surface area contributed by atoms with Crippen LogP contribution in [0.2, 0.25) is 0 Å². The van der Waals surface area contributed by atoms with E-state index >= 15 is 0 Å². The average molecular weight is 196 g/mol. The molecule has 1 N–H and O–H groups in total. The first-order chi connectivity index (χ1) is 6.59. The number of hydrogen-bond donors (Lipinski definition) is 1. The number of hydrogen-bond acceptors (Lipinski definition) is 2. The molecule has 0 aromatic carbocycles. The third-order valence-electron chi connectivity index (χ3n) is 2.47. The van der Waals surface area contributed by atoms with Gasteiger partial charge in [0, 0.05) is 0 Å². The van der Waals surface area contributed by atoms with Gasteiger partial charge in [0.1, 0.15) is 6.10 Å². The minimum absolute atomic E-state index is 0.128. The van der Waals surface area contributed by atoms with Gasteiger partial charge in [-0.05, 0) is 30.4 Å². The Kier molecular flexibility index (Phi) is 4.21. The Hall–Kier alpha value is -0.760. The minimum atomic E-state index is -0.361. The zero-order chi connectivity index (χ0) is 10.6. The number of allylic oxidation sites excluding steroid dienone is 1. The molecule has 0 saturated heterocycles. The highest BCUT2D eigenvalue weighted by molar-refractivity contribution is 5.00. The average Bonchev–Trinajstić information content (AvgIpc) is 2.14. The van der Waals surface area contributed by atoms with Gasteiger partial charge in [0.15, 0.2) is 0 Å². The smallest absolute Gasteiger partial charge is 0.117 e. The second-order valence-corrected chi connectivity index (χ2v) is 4.34. The number of rotatable bonds is 3. The predicted molar refractivity (Wildman–Crippen MR) is 57.8 cm³/mol. The molecule has 0 saturated carbocycles. The van der Waals surface area contributed by atoms with Crippen molar-refractivity contribution in [2.75, 3.05) is 0 Å². The molecule has 0 amide bonds. The monoisotopic (exact) mass is 196 g/mol. The molecular formula is C12H20O2. The van der Waals surface area contributed by atoms with Crippen LogP contribution in [0.3, 0.4) is 0 Å². The molecule has 14 heavy (non-hydrogen) atoms. The summed E-state index contributed by atoms with van der Waals surface area (Å²) in [5.41, 5.74) is 0. The van der Waals surface area contributed by atoms with E-state index in [0.29, 0.717) is 5.92 Å². The van der Waals surface area contributed by atoms with Crippen LogP contribution in [-0.4, -0.2) is 17.3 Å². The van der Waals surface area contributed by atoms with E-state index in [-0.39, 0.29) is 18.1 Å². The number of aliphatic hydroxyl groups is 1. The molecule has 0 radical (unpaired) electrons. The van der Waals surface area contributed by atoms with Crippen LogP contribution >= 0.6 is 0 Å². The standard InChI is InChI=1S/C12H20O2/c1-9(2)12(13)5-4-11-8-10(3)6-7-14-11/h4-7,9-13H,8H2,1-3H3/b5-4+/t10?,11-,12+/m1/s1. The fraction of sp³-hybridized carbons (Fsp3) is 0.667. The van der Waals surface area contributed by atoms with Crippen molar-refractivity contribution in [2.45, 2.75) is 39.4 Å². The summed E-state index contributed by atoms with van der Waals surface area (Å²) in [7, 11) is 0. The first-order valence-electron chi connectivity index (χ1n) is 5.28. The highest BCUT2D eigenvalue weighted by Gasteiger charge is 2.13. The second kappa shape index (κ2) is 5.20. The Labute approximate surface area is 86.3 Å². The Balaban J connectivity index is 2.40. The molecule has 3 atom stereocenters. The van der Waals surface area contributed by atoms with E-state index in [9.17, 15) is 5.11 Å². The molecule has 0 fully saturated rings. The van der Waals surface area contributed by atoms with Gasteiger partial charge >= 0.3 is 0 Å². The SMILES string of the molecule is CC1C=CO[C@H](/C=C/[C@H](O)C(C)C)C1. The normalized spacial score (nSPS) is 29.5. The van der Waals surface area contributed by atoms with Crippen LogP contribution in [0.1, 0.15) is 27.2 Å². The van der Waals surface area contributed by atoms with Crippen LogP contribution in [0.25, 0.3) is 0 Å². The summed E-state index contributed by atoms with van der Waals surface area (Å²) in [5, 5.41) is 9.56. The van der Waals surface area contributed by atoms with Crippen molar-refractivity contribution in [1.82, 2.24) is 0 Å². The lowest BCUT2D eigenvalue weighted by Crippen LogP contribution is -2.17. The summed E-state index contributed by atoms with van der Waals surface area (Å²) in [4.78, 5) is 0. The highest BCUT2D eigenvalue weighted by Crippen LogP contribution is 2.18. The largest absolute Gasteiger partial charge is 0.494 e. The van der Waals surface area contributed by atoms with Gasteiger partial charge in [-0.3, -0.25) is 0 Å². The Bertz CT molecular complexity index is 218. The second-order valence-electron chi connectivity index (χ2n) is 4.34. The van der Waals surface area contributed by atoms with Gasteiger partial charge in [-0.2, -0.15) is 0 Å². The van der Waals surface area contributed by atoms with Crippen molar-refractivity contribution in [3.63, 3.8) is 0 Å². The van der Waals surface area contributed by atoms with Gasteiger partial charge in [-0.1, -0.05) is 26.8 Å². The fourth-order valence-electron chi connectivity index (χ4n) is 1.36. The zero-order valence-corrected chi connectivity index (χ0v) is 9.18. The Morgan fingerprint density at radius 1 is 1.50 bits per heavy atom. The van der Waals surface area contributed by atoms with Crippen molar-refractivity contribution >= 4 is 0 Å².